The van der Waals surface area contributed by atoms with E-state index in [2.05, 4.69) is 44.3 Å². The van der Waals surface area contributed by atoms with E-state index in [1.807, 2.05) is 0 Å². The van der Waals surface area contributed by atoms with Crippen molar-refractivity contribution >= 4 is 0 Å². The molecule has 1 nitrogen and oxygen atoms in total. The van der Waals surface area contributed by atoms with Crippen molar-refractivity contribution in [3.63, 3.8) is 0 Å². The highest BCUT2D eigenvalue weighted by atomic mass is 14.9. The SMILES string of the molecule is Cc1ccc(C)c(CN[C@H](C)C2CCCC2)c1. The lowest BCUT2D eigenvalue weighted by Gasteiger charge is -2.21. The molecule has 1 aromatic rings. The first-order chi connectivity index (χ1) is 8.16. The van der Waals surface area contributed by atoms with E-state index in [0.717, 1.165) is 12.5 Å². The topological polar surface area (TPSA) is 12.0 Å². The smallest absolute Gasteiger partial charge is 0.0210 e. The highest BCUT2D eigenvalue weighted by Gasteiger charge is 2.20. The van der Waals surface area contributed by atoms with E-state index in [1.165, 1.54) is 42.4 Å². The fraction of sp³-hybridized carbons (Fsp3) is 0.625. The molecule has 1 aliphatic carbocycles. The van der Waals surface area contributed by atoms with E-state index < -0.39 is 0 Å². The fourth-order valence-corrected chi connectivity index (χ4v) is 2.89. The Labute approximate surface area is 106 Å². The third-order valence-electron chi connectivity index (χ3n) is 4.23. The lowest BCUT2D eigenvalue weighted by Crippen LogP contribution is -2.31. The monoisotopic (exact) mass is 231 g/mol. The first-order valence-electron chi connectivity index (χ1n) is 6.96. The van der Waals surface area contributed by atoms with Crippen LogP contribution in [0.15, 0.2) is 18.2 Å². The zero-order valence-electron chi connectivity index (χ0n) is 11.4. The third kappa shape index (κ3) is 3.32. The summed E-state index contributed by atoms with van der Waals surface area (Å²) in [4.78, 5) is 0. The summed E-state index contributed by atoms with van der Waals surface area (Å²) in [5, 5.41) is 3.71. The van der Waals surface area contributed by atoms with Crippen LogP contribution in [0.4, 0.5) is 0 Å². The molecular weight excluding hydrogens is 206 g/mol. The molecular formula is C16H25N. The zero-order valence-corrected chi connectivity index (χ0v) is 11.4. The summed E-state index contributed by atoms with van der Waals surface area (Å²) >= 11 is 0. The summed E-state index contributed by atoms with van der Waals surface area (Å²) in [5.41, 5.74) is 4.22. The molecule has 1 heteroatoms. The van der Waals surface area contributed by atoms with Gasteiger partial charge in [-0.3, -0.25) is 0 Å². The molecule has 94 valence electrons. The highest BCUT2D eigenvalue weighted by molar-refractivity contribution is 5.30. The van der Waals surface area contributed by atoms with E-state index in [4.69, 9.17) is 0 Å². The summed E-state index contributed by atoms with van der Waals surface area (Å²) in [6.07, 6.45) is 5.70. The van der Waals surface area contributed by atoms with Crippen LogP contribution in [-0.4, -0.2) is 6.04 Å². The molecule has 0 aliphatic heterocycles. The second-order valence-electron chi connectivity index (χ2n) is 5.64. The van der Waals surface area contributed by atoms with Gasteiger partial charge in [0.1, 0.15) is 0 Å². The predicted molar refractivity (Wildman–Crippen MR) is 74.2 cm³/mol. The van der Waals surface area contributed by atoms with Crippen molar-refractivity contribution < 1.29 is 0 Å². The van der Waals surface area contributed by atoms with Crippen LogP contribution in [-0.2, 0) is 6.54 Å². The van der Waals surface area contributed by atoms with Gasteiger partial charge in [-0.2, -0.15) is 0 Å². The molecule has 0 bridgehead atoms. The van der Waals surface area contributed by atoms with Crippen LogP contribution >= 0.6 is 0 Å². The van der Waals surface area contributed by atoms with Gasteiger partial charge in [0.05, 0.1) is 0 Å². The van der Waals surface area contributed by atoms with Gasteiger partial charge in [-0.1, -0.05) is 36.6 Å². The standard InChI is InChI=1S/C16H25N/c1-12-8-9-13(2)16(10-12)11-17-14(3)15-6-4-5-7-15/h8-10,14-15,17H,4-7,11H2,1-3H3/t14-/m1/s1. The Morgan fingerprint density at radius 1 is 1.24 bits per heavy atom. The second-order valence-corrected chi connectivity index (χ2v) is 5.64. The Bertz CT molecular complexity index is 364. The maximum atomic E-state index is 3.71. The van der Waals surface area contributed by atoms with Gasteiger partial charge in [0.2, 0.25) is 0 Å². The van der Waals surface area contributed by atoms with E-state index in [0.29, 0.717) is 6.04 Å². The first kappa shape index (κ1) is 12.6. The molecule has 1 atom stereocenters. The second kappa shape index (κ2) is 5.68. The van der Waals surface area contributed by atoms with Crippen LogP contribution in [0, 0.1) is 19.8 Å². The minimum absolute atomic E-state index is 0.664. The summed E-state index contributed by atoms with van der Waals surface area (Å²) in [6.45, 7) is 7.74. The van der Waals surface area contributed by atoms with E-state index in [9.17, 15) is 0 Å². The number of benzene rings is 1. The van der Waals surface area contributed by atoms with Crippen molar-refractivity contribution in [2.24, 2.45) is 5.92 Å². The van der Waals surface area contributed by atoms with Gasteiger partial charge >= 0.3 is 0 Å². The normalized spacial score (nSPS) is 18.5. The molecule has 1 aliphatic rings. The molecule has 2 rings (SSSR count). The lowest BCUT2D eigenvalue weighted by atomic mass is 9.99. The molecule has 0 radical (unpaired) electrons. The quantitative estimate of drug-likeness (QED) is 0.826. The Morgan fingerprint density at radius 2 is 1.94 bits per heavy atom. The molecule has 0 heterocycles. The highest BCUT2D eigenvalue weighted by Crippen LogP contribution is 2.27. The Morgan fingerprint density at radius 3 is 2.65 bits per heavy atom. The molecule has 0 saturated heterocycles. The maximum absolute atomic E-state index is 3.71. The molecule has 1 N–H and O–H groups in total. The zero-order chi connectivity index (χ0) is 12.3. The average molecular weight is 231 g/mol. The van der Waals surface area contributed by atoms with Crippen LogP contribution in [0.1, 0.15) is 49.3 Å². The Balaban J connectivity index is 1.90. The maximum Gasteiger partial charge on any atom is 0.0210 e. The molecule has 0 amide bonds. The molecule has 0 spiro atoms. The van der Waals surface area contributed by atoms with E-state index >= 15 is 0 Å². The molecule has 17 heavy (non-hydrogen) atoms. The fourth-order valence-electron chi connectivity index (χ4n) is 2.89. The minimum Gasteiger partial charge on any atom is -0.310 e. The number of nitrogens with one attached hydrogen (secondary N) is 1. The lowest BCUT2D eigenvalue weighted by molar-refractivity contribution is 0.380. The van der Waals surface area contributed by atoms with Gasteiger partial charge < -0.3 is 5.32 Å². The van der Waals surface area contributed by atoms with Gasteiger partial charge in [-0.05, 0) is 50.7 Å². The van der Waals surface area contributed by atoms with Crippen molar-refractivity contribution in [1.82, 2.24) is 5.32 Å². The molecule has 1 aromatic carbocycles. The van der Waals surface area contributed by atoms with Crippen LogP contribution < -0.4 is 5.32 Å². The Kier molecular flexibility index (Phi) is 4.22. The summed E-state index contributed by atoms with van der Waals surface area (Å²) < 4.78 is 0. The number of aryl methyl sites for hydroxylation is 2. The summed E-state index contributed by atoms with van der Waals surface area (Å²) in [5.74, 6) is 0.903. The average Bonchev–Trinajstić information content (AvgIpc) is 2.83. The minimum atomic E-state index is 0.664. The van der Waals surface area contributed by atoms with Gasteiger partial charge in [-0.25, -0.2) is 0 Å². The van der Waals surface area contributed by atoms with Crippen molar-refractivity contribution in [1.29, 1.82) is 0 Å². The van der Waals surface area contributed by atoms with Crippen LogP contribution in [0.3, 0.4) is 0 Å². The van der Waals surface area contributed by atoms with Crippen LogP contribution in [0.2, 0.25) is 0 Å². The predicted octanol–water partition coefficient (Wildman–Crippen LogP) is 3.97. The number of rotatable bonds is 4. The van der Waals surface area contributed by atoms with Crippen molar-refractivity contribution in [3.8, 4) is 0 Å². The van der Waals surface area contributed by atoms with Gasteiger partial charge in [0.15, 0.2) is 0 Å². The van der Waals surface area contributed by atoms with E-state index in [-0.39, 0.29) is 0 Å². The Hall–Kier alpha value is -0.820. The largest absolute Gasteiger partial charge is 0.310 e. The van der Waals surface area contributed by atoms with Crippen LogP contribution in [0.5, 0.6) is 0 Å². The van der Waals surface area contributed by atoms with Crippen molar-refractivity contribution in [2.45, 2.75) is 59.0 Å². The van der Waals surface area contributed by atoms with Gasteiger partial charge in [0.25, 0.3) is 0 Å². The summed E-state index contributed by atoms with van der Waals surface area (Å²) in [6, 6.07) is 7.40. The van der Waals surface area contributed by atoms with Crippen LogP contribution in [0.25, 0.3) is 0 Å². The molecule has 0 unspecified atom stereocenters. The molecule has 1 fully saturated rings. The van der Waals surface area contributed by atoms with Gasteiger partial charge in [-0.15, -0.1) is 0 Å². The van der Waals surface area contributed by atoms with Crippen molar-refractivity contribution in [2.75, 3.05) is 0 Å². The third-order valence-corrected chi connectivity index (χ3v) is 4.23. The number of hydrogen-bond acceptors (Lipinski definition) is 1. The van der Waals surface area contributed by atoms with Gasteiger partial charge in [0, 0.05) is 12.6 Å². The number of hydrogen-bond donors (Lipinski definition) is 1. The van der Waals surface area contributed by atoms with Crippen molar-refractivity contribution in [3.05, 3.63) is 34.9 Å². The van der Waals surface area contributed by atoms with E-state index in [1.54, 1.807) is 0 Å². The molecule has 0 aromatic heterocycles. The summed E-state index contributed by atoms with van der Waals surface area (Å²) in [7, 11) is 0. The molecule has 1 saturated carbocycles. The first-order valence-corrected chi connectivity index (χ1v) is 6.96.